The van der Waals surface area contributed by atoms with E-state index < -0.39 is 12.0 Å². The molecule has 0 saturated carbocycles. The first kappa shape index (κ1) is 20.0. The predicted molar refractivity (Wildman–Crippen MR) is 102 cm³/mol. The molecule has 0 aliphatic rings. The summed E-state index contributed by atoms with van der Waals surface area (Å²) in [6.45, 7) is 4.41. The minimum absolute atomic E-state index is 0.104. The number of hydrogen-bond acceptors (Lipinski definition) is 4. The van der Waals surface area contributed by atoms with Gasteiger partial charge in [0.15, 0.2) is 6.10 Å². The van der Waals surface area contributed by atoms with Crippen molar-refractivity contribution < 1.29 is 14.3 Å². The second-order valence-corrected chi connectivity index (χ2v) is 5.98. The maximum Gasteiger partial charge on any atom is 0.261 e. The van der Waals surface area contributed by atoms with Crippen molar-refractivity contribution in [1.82, 2.24) is 10.2 Å². The molecule has 1 N–H and O–H groups in total. The molecule has 6 heteroatoms. The van der Waals surface area contributed by atoms with E-state index in [4.69, 9.17) is 10.00 Å². The largest absolute Gasteiger partial charge is 0.480 e. The molecule has 0 aliphatic carbocycles. The van der Waals surface area contributed by atoms with Gasteiger partial charge in [-0.25, -0.2) is 0 Å². The Hall–Kier alpha value is -3.33. The van der Waals surface area contributed by atoms with Crippen molar-refractivity contribution in [2.75, 3.05) is 13.1 Å². The zero-order valence-electron chi connectivity index (χ0n) is 15.5. The van der Waals surface area contributed by atoms with Crippen LogP contribution in [0, 0.1) is 11.3 Å². The number of amides is 2. The summed E-state index contributed by atoms with van der Waals surface area (Å²) in [5.74, 6) is -0.237. The Balaban J connectivity index is 1.87. The highest BCUT2D eigenvalue weighted by Gasteiger charge is 2.19. The zero-order valence-corrected chi connectivity index (χ0v) is 15.5. The topological polar surface area (TPSA) is 82.4 Å². The van der Waals surface area contributed by atoms with Gasteiger partial charge in [-0.05, 0) is 31.5 Å². The Bertz CT molecular complexity index is 815. The van der Waals surface area contributed by atoms with E-state index in [1.807, 2.05) is 43.3 Å². The lowest BCUT2D eigenvalue weighted by Crippen LogP contribution is -2.43. The molecular formula is C21H23N3O3. The Kier molecular flexibility index (Phi) is 7.38. The van der Waals surface area contributed by atoms with Crippen molar-refractivity contribution in [2.24, 2.45) is 0 Å². The SMILES string of the molecule is CCN(Cc1ccccc1)C(=O)CNC(=O)C(C)Oc1ccccc1C#N. The van der Waals surface area contributed by atoms with Crippen molar-refractivity contribution in [2.45, 2.75) is 26.5 Å². The van der Waals surface area contributed by atoms with Crippen molar-refractivity contribution in [1.29, 1.82) is 5.26 Å². The van der Waals surface area contributed by atoms with E-state index in [0.717, 1.165) is 5.56 Å². The zero-order chi connectivity index (χ0) is 19.6. The number of nitrogens with zero attached hydrogens (tertiary/aromatic N) is 2. The maximum absolute atomic E-state index is 12.4. The predicted octanol–water partition coefficient (Wildman–Crippen LogP) is 2.49. The van der Waals surface area contributed by atoms with Gasteiger partial charge in [-0.2, -0.15) is 5.26 Å². The van der Waals surface area contributed by atoms with Crippen molar-refractivity contribution in [3.8, 4) is 11.8 Å². The number of hydrogen-bond donors (Lipinski definition) is 1. The van der Waals surface area contributed by atoms with Crippen LogP contribution in [0.15, 0.2) is 54.6 Å². The van der Waals surface area contributed by atoms with Crippen LogP contribution in [0.3, 0.4) is 0 Å². The van der Waals surface area contributed by atoms with Crippen LogP contribution in [0.1, 0.15) is 25.0 Å². The third-order valence-corrected chi connectivity index (χ3v) is 4.05. The Labute approximate surface area is 159 Å². The van der Waals surface area contributed by atoms with Crippen molar-refractivity contribution in [3.05, 3.63) is 65.7 Å². The standard InChI is InChI=1S/C21H23N3O3/c1-3-24(15-17-9-5-4-6-10-17)20(25)14-23-21(26)16(2)27-19-12-8-7-11-18(19)13-22/h4-12,16H,3,14-15H2,1-2H3,(H,23,26). The lowest BCUT2D eigenvalue weighted by molar-refractivity contribution is -0.135. The molecule has 0 bridgehead atoms. The number of nitrogens with one attached hydrogen (secondary N) is 1. The molecule has 2 rings (SSSR count). The van der Waals surface area contributed by atoms with E-state index in [2.05, 4.69) is 5.32 Å². The summed E-state index contributed by atoms with van der Waals surface area (Å²) in [6, 6.07) is 18.4. The monoisotopic (exact) mass is 365 g/mol. The Morgan fingerprint density at radius 3 is 2.48 bits per heavy atom. The molecule has 0 fully saturated rings. The summed E-state index contributed by atoms with van der Waals surface area (Å²) >= 11 is 0. The molecule has 0 heterocycles. The minimum atomic E-state index is -0.823. The van der Waals surface area contributed by atoms with E-state index in [9.17, 15) is 9.59 Å². The van der Waals surface area contributed by atoms with Gasteiger partial charge in [0.1, 0.15) is 11.8 Å². The van der Waals surface area contributed by atoms with E-state index in [0.29, 0.717) is 24.4 Å². The summed E-state index contributed by atoms with van der Waals surface area (Å²) in [6.07, 6.45) is -0.823. The molecule has 0 saturated heterocycles. The smallest absolute Gasteiger partial charge is 0.261 e. The fourth-order valence-electron chi connectivity index (χ4n) is 2.50. The number of carbonyl (C=O) groups excluding carboxylic acids is 2. The first-order valence-electron chi connectivity index (χ1n) is 8.80. The van der Waals surface area contributed by atoms with Gasteiger partial charge in [-0.15, -0.1) is 0 Å². The minimum Gasteiger partial charge on any atom is -0.480 e. The summed E-state index contributed by atoms with van der Waals surface area (Å²) in [5.41, 5.74) is 1.39. The van der Waals surface area contributed by atoms with Gasteiger partial charge in [0.05, 0.1) is 12.1 Å². The highest BCUT2D eigenvalue weighted by atomic mass is 16.5. The molecule has 1 unspecified atom stereocenters. The van der Waals surface area contributed by atoms with Crippen molar-refractivity contribution >= 4 is 11.8 Å². The highest BCUT2D eigenvalue weighted by Crippen LogP contribution is 2.18. The van der Waals surface area contributed by atoms with Crippen LogP contribution in [0.25, 0.3) is 0 Å². The molecule has 2 amide bonds. The first-order chi connectivity index (χ1) is 13.0. The normalized spacial score (nSPS) is 11.1. The van der Waals surface area contributed by atoms with Gasteiger partial charge < -0.3 is 15.0 Å². The molecule has 2 aromatic carbocycles. The number of nitriles is 1. The molecule has 0 radical (unpaired) electrons. The fraction of sp³-hybridized carbons (Fsp3) is 0.286. The van der Waals surface area contributed by atoms with Gasteiger partial charge in [-0.1, -0.05) is 42.5 Å². The Morgan fingerprint density at radius 1 is 1.15 bits per heavy atom. The summed E-state index contributed by atoms with van der Waals surface area (Å²) in [5, 5.41) is 11.7. The van der Waals surface area contributed by atoms with E-state index >= 15 is 0 Å². The van der Waals surface area contributed by atoms with Crippen LogP contribution < -0.4 is 10.1 Å². The second kappa shape index (κ2) is 9.97. The van der Waals surface area contributed by atoms with Crippen molar-refractivity contribution in [3.63, 3.8) is 0 Å². The van der Waals surface area contributed by atoms with Gasteiger partial charge in [0.25, 0.3) is 5.91 Å². The number of ether oxygens (including phenoxy) is 1. The molecule has 2 aromatic rings. The molecule has 0 aromatic heterocycles. The second-order valence-electron chi connectivity index (χ2n) is 5.98. The van der Waals surface area contributed by atoms with Crippen LogP contribution in [0.2, 0.25) is 0 Å². The number of benzene rings is 2. The van der Waals surface area contributed by atoms with Crippen LogP contribution >= 0.6 is 0 Å². The third-order valence-electron chi connectivity index (χ3n) is 4.05. The molecule has 0 aliphatic heterocycles. The van der Waals surface area contributed by atoms with E-state index in [-0.39, 0.29) is 12.5 Å². The average Bonchev–Trinajstić information content (AvgIpc) is 2.71. The maximum atomic E-state index is 12.4. The number of likely N-dealkylation sites (N-methyl/N-ethyl adjacent to an activating group) is 1. The summed E-state index contributed by atoms with van der Waals surface area (Å²) in [4.78, 5) is 26.3. The first-order valence-corrected chi connectivity index (χ1v) is 8.80. The third kappa shape index (κ3) is 5.86. The lowest BCUT2D eigenvalue weighted by atomic mass is 10.2. The molecular weight excluding hydrogens is 342 g/mol. The molecule has 0 spiro atoms. The fourth-order valence-corrected chi connectivity index (χ4v) is 2.50. The molecule has 140 valence electrons. The lowest BCUT2D eigenvalue weighted by Gasteiger charge is -2.22. The van der Waals surface area contributed by atoms with Crippen LogP contribution in [0.5, 0.6) is 5.75 Å². The Morgan fingerprint density at radius 2 is 1.81 bits per heavy atom. The van der Waals surface area contributed by atoms with Crippen LogP contribution in [0.4, 0.5) is 0 Å². The van der Waals surface area contributed by atoms with Crippen LogP contribution in [-0.4, -0.2) is 35.9 Å². The van der Waals surface area contributed by atoms with Crippen LogP contribution in [-0.2, 0) is 16.1 Å². The van der Waals surface area contributed by atoms with Gasteiger partial charge in [-0.3, -0.25) is 9.59 Å². The van der Waals surface area contributed by atoms with E-state index in [1.165, 1.54) is 0 Å². The summed E-state index contributed by atoms with van der Waals surface area (Å²) < 4.78 is 5.55. The quantitative estimate of drug-likeness (QED) is 0.779. The number of para-hydroxylation sites is 1. The molecule has 27 heavy (non-hydrogen) atoms. The molecule has 1 atom stereocenters. The van der Waals surface area contributed by atoms with Gasteiger partial charge in [0, 0.05) is 13.1 Å². The summed E-state index contributed by atoms with van der Waals surface area (Å²) in [7, 11) is 0. The van der Waals surface area contributed by atoms with Gasteiger partial charge >= 0.3 is 0 Å². The number of carbonyl (C=O) groups is 2. The van der Waals surface area contributed by atoms with Gasteiger partial charge in [0.2, 0.25) is 5.91 Å². The molecule has 6 nitrogen and oxygen atoms in total. The average molecular weight is 365 g/mol. The van der Waals surface area contributed by atoms with E-state index in [1.54, 1.807) is 36.1 Å². The number of rotatable bonds is 8. The highest BCUT2D eigenvalue weighted by molar-refractivity contribution is 5.87.